The molecule has 5 heteroatoms. The fourth-order valence-electron chi connectivity index (χ4n) is 1.42. The summed E-state index contributed by atoms with van der Waals surface area (Å²) in [6, 6.07) is 4.46. The molecule has 4 nitrogen and oxygen atoms in total. The summed E-state index contributed by atoms with van der Waals surface area (Å²) >= 11 is 0. The molecule has 0 fully saturated rings. The highest BCUT2D eigenvalue weighted by Crippen LogP contribution is 2.17. The number of carbonyl (C=O) groups excluding carboxylic acids is 1. The Kier molecular flexibility index (Phi) is 5.55. The second kappa shape index (κ2) is 6.93. The molecule has 0 unspecified atom stereocenters. The standard InChI is InChI=1S/C15H20FNO3/c1-15(2,3)20-14(18)17-9-5-6-11-10-12(19-4)7-8-13(11)16/h5-8,10H,9H2,1-4H3,(H,17,18). The van der Waals surface area contributed by atoms with Crippen LogP contribution in [0.25, 0.3) is 6.08 Å². The number of rotatable bonds is 4. The second-order valence-electron chi connectivity index (χ2n) is 5.17. The van der Waals surface area contributed by atoms with Crippen LogP contribution in [0.5, 0.6) is 5.75 Å². The normalized spacial score (nSPS) is 11.4. The third kappa shape index (κ3) is 5.73. The number of hydrogen-bond donors (Lipinski definition) is 1. The number of alkyl carbamates (subject to hydrolysis) is 1. The molecule has 1 amide bonds. The lowest BCUT2D eigenvalue weighted by Crippen LogP contribution is -2.32. The number of halogens is 1. The number of nitrogens with one attached hydrogen (secondary N) is 1. The first-order valence-corrected chi connectivity index (χ1v) is 6.29. The average Bonchev–Trinajstić information content (AvgIpc) is 2.34. The molecular formula is C15H20FNO3. The molecule has 0 aromatic heterocycles. The van der Waals surface area contributed by atoms with Crippen LogP contribution in [0.4, 0.5) is 9.18 Å². The summed E-state index contributed by atoms with van der Waals surface area (Å²) < 4.78 is 23.6. The van der Waals surface area contributed by atoms with Crippen molar-refractivity contribution in [3.63, 3.8) is 0 Å². The SMILES string of the molecule is COc1ccc(F)c(C=CCNC(=O)OC(C)(C)C)c1. The Hall–Kier alpha value is -2.04. The molecule has 1 aromatic carbocycles. The van der Waals surface area contributed by atoms with E-state index in [9.17, 15) is 9.18 Å². The largest absolute Gasteiger partial charge is 0.497 e. The Balaban J connectivity index is 2.51. The Morgan fingerprint density at radius 3 is 2.70 bits per heavy atom. The Morgan fingerprint density at radius 2 is 2.10 bits per heavy atom. The Bertz CT molecular complexity index is 492. The van der Waals surface area contributed by atoms with Crippen molar-refractivity contribution in [3.05, 3.63) is 35.7 Å². The van der Waals surface area contributed by atoms with Gasteiger partial charge in [-0.3, -0.25) is 0 Å². The number of benzene rings is 1. The zero-order valence-corrected chi connectivity index (χ0v) is 12.2. The maximum Gasteiger partial charge on any atom is 0.407 e. The average molecular weight is 281 g/mol. The third-order valence-electron chi connectivity index (χ3n) is 2.26. The fourth-order valence-corrected chi connectivity index (χ4v) is 1.42. The van der Waals surface area contributed by atoms with Crippen molar-refractivity contribution in [2.75, 3.05) is 13.7 Å². The second-order valence-corrected chi connectivity index (χ2v) is 5.17. The van der Waals surface area contributed by atoms with Gasteiger partial charge in [-0.1, -0.05) is 12.2 Å². The molecule has 0 saturated heterocycles. The minimum Gasteiger partial charge on any atom is -0.497 e. The number of methoxy groups -OCH3 is 1. The number of ether oxygens (including phenoxy) is 2. The van der Waals surface area contributed by atoms with Crippen LogP contribution in [-0.2, 0) is 4.74 Å². The van der Waals surface area contributed by atoms with Gasteiger partial charge in [0, 0.05) is 12.1 Å². The molecular weight excluding hydrogens is 261 g/mol. The van der Waals surface area contributed by atoms with Gasteiger partial charge in [0.2, 0.25) is 0 Å². The highest BCUT2D eigenvalue weighted by molar-refractivity contribution is 5.68. The molecule has 1 N–H and O–H groups in total. The lowest BCUT2D eigenvalue weighted by molar-refractivity contribution is 0.0534. The molecule has 1 aromatic rings. The summed E-state index contributed by atoms with van der Waals surface area (Å²) in [7, 11) is 1.52. The van der Waals surface area contributed by atoms with E-state index in [1.807, 2.05) is 0 Å². The van der Waals surface area contributed by atoms with E-state index < -0.39 is 11.7 Å². The van der Waals surface area contributed by atoms with Gasteiger partial charge >= 0.3 is 6.09 Å². The Labute approximate surface area is 118 Å². The summed E-state index contributed by atoms with van der Waals surface area (Å²) in [4.78, 5) is 11.4. The van der Waals surface area contributed by atoms with Gasteiger partial charge in [-0.15, -0.1) is 0 Å². The molecule has 0 atom stereocenters. The maximum atomic E-state index is 13.5. The van der Waals surface area contributed by atoms with Gasteiger partial charge in [0.05, 0.1) is 7.11 Å². The van der Waals surface area contributed by atoms with Crippen molar-refractivity contribution in [1.29, 1.82) is 0 Å². The van der Waals surface area contributed by atoms with Gasteiger partial charge in [0.25, 0.3) is 0 Å². The summed E-state index contributed by atoms with van der Waals surface area (Å²) in [5.41, 5.74) is -0.137. The number of amides is 1. The van der Waals surface area contributed by atoms with Gasteiger partial charge in [-0.2, -0.15) is 0 Å². The van der Waals surface area contributed by atoms with Gasteiger partial charge in [-0.05, 0) is 39.0 Å². The molecule has 0 bridgehead atoms. The van der Waals surface area contributed by atoms with Crippen LogP contribution < -0.4 is 10.1 Å². The van der Waals surface area contributed by atoms with E-state index in [1.165, 1.54) is 13.2 Å². The van der Waals surface area contributed by atoms with E-state index in [2.05, 4.69) is 5.32 Å². The first kappa shape index (κ1) is 16.0. The van der Waals surface area contributed by atoms with Crippen LogP contribution in [0, 0.1) is 5.82 Å². The molecule has 0 spiro atoms. The maximum absolute atomic E-state index is 13.5. The van der Waals surface area contributed by atoms with Crippen LogP contribution >= 0.6 is 0 Å². The lowest BCUT2D eigenvalue weighted by atomic mass is 10.2. The minimum atomic E-state index is -0.535. The van der Waals surface area contributed by atoms with E-state index in [0.717, 1.165) is 0 Å². The third-order valence-corrected chi connectivity index (χ3v) is 2.26. The molecule has 110 valence electrons. The van der Waals surface area contributed by atoms with Crippen molar-refractivity contribution in [2.45, 2.75) is 26.4 Å². The molecule has 0 radical (unpaired) electrons. The zero-order chi connectivity index (χ0) is 15.2. The molecule has 0 heterocycles. The van der Waals surface area contributed by atoms with Crippen molar-refractivity contribution in [2.24, 2.45) is 0 Å². The monoisotopic (exact) mass is 281 g/mol. The van der Waals surface area contributed by atoms with Crippen LogP contribution in [0.3, 0.4) is 0 Å². The van der Waals surface area contributed by atoms with E-state index in [0.29, 0.717) is 11.3 Å². The summed E-state index contributed by atoms with van der Waals surface area (Å²) in [5.74, 6) is 0.227. The molecule has 0 aliphatic rings. The van der Waals surface area contributed by atoms with Crippen LogP contribution in [-0.4, -0.2) is 25.3 Å². The van der Waals surface area contributed by atoms with Crippen LogP contribution in [0.2, 0.25) is 0 Å². The Morgan fingerprint density at radius 1 is 1.40 bits per heavy atom. The van der Waals surface area contributed by atoms with E-state index in [1.54, 1.807) is 45.1 Å². The van der Waals surface area contributed by atoms with Gasteiger partial charge < -0.3 is 14.8 Å². The quantitative estimate of drug-likeness (QED) is 0.920. The predicted molar refractivity (Wildman–Crippen MR) is 76.2 cm³/mol. The molecule has 0 saturated carbocycles. The fraction of sp³-hybridized carbons (Fsp3) is 0.400. The first-order chi connectivity index (χ1) is 9.31. The van der Waals surface area contributed by atoms with E-state index in [-0.39, 0.29) is 12.4 Å². The van der Waals surface area contributed by atoms with Crippen molar-refractivity contribution < 1.29 is 18.7 Å². The summed E-state index contributed by atoms with van der Waals surface area (Å²) in [6.07, 6.45) is 2.71. The molecule has 20 heavy (non-hydrogen) atoms. The minimum absolute atomic E-state index is 0.256. The lowest BCUT2D eigenvalue weighted by Gasteiger charge is -2.19. The van der Waals surface area contributed by atoms with Crippen molar-refractivity contribution >= 4 is 12.2 Å². The topological polar surface area (TPSA) is 47.6 Å². The van der Waals surface area contributed by atoms with Crippen molar-refractivity contribution in [3.8, 4) is 5.75 Å². The smallest absolute Gasteiger partial charge is 0.407 e. The van der Waals surface area contributed by atoms with Gasteiger partial charge in [0.15, 0.2) is 0 Å². The summed E-state index contributed by atoms with van der Waals surface area (Å²) in [5, 5.41) is 2.56. The molecule has 0 aliphatic carbocycles. The first-order valence-electron chi connectivity index (χ1n) is 6.29. The van der Waals surface area contributed by atoms with Crippen LogP contribution in [0.1, 0.15) is 26.3 Å². The predicted octanol–water partition coefficient (Wildman–Crippen LogP) is 3.37. The number of hydrogen-bond acceptors (Lipinski definition) is 3. The van der Waals surface area contributed by atoms with Gasteiger partial charge in [-0.25, -0.2) is 9.18 Å². The van der Waals surface area contributed by atoms with E-state index in [4.69, 9.17) is 9.47 Å². The molecule has 0 aliphatic heterocycles. The van der Waals surface area contributed by atoms with Gasteiger partial charge in [0.1, 0.15) is 17.2 Å². The van der Waals surface area contributed by atoms with E-state index >= 15 is 0 Å². The highest BCUT2D eigenvalue weighted by atomic mass is 19.1. The summed E-state index contributed by atoms with van der Waals surface area (Å²) in [6.45, 7) is 5.61. The molecule has 1 rings (SSSR count). The zero-order valence-electron chi connectivity index (χ0n) is 12.2. The highest BCUT2D eigenvalue weighted by Gasteiger charge is 2.14. The van der Waals surface area contributed by atoms with Crippen molar-refractivity contribution in [1.82, 2.24) is 5.32 Å². The number of carbonyl (C=O) groups is 1. The van der Waals surface area contributed by atoms with Crippen LogP contribution in [0.15, 0.2) is 24.3 Å².